The SMILES string of the molecule is O=C(O)[C@H](CCc1ccc(N2C(=O)C3(CC3)c3cccc(F)c32)cc1)Nc1c(Cl)cccc1Cl. The van der Waals surface area contributed by atoms with Crippen LogP contribution < -0.4 is 10.2 Å². The van der Waals surface area contributed by atoms with E-state index in [-0.39, 0.29) is 5.91 Å². The van der Waals surface area contributed by atoms with Crippen LogP contribution in [0.15, 0.2) is 60.7 Å². The van der Waals surface area contributed by atoms with Gasteiger partial charge in [-0.1, -0.05) is 53.5 Å². The van der Waals surface area contributed by atoms with E-state index in [2.05, 4.69) is 5.32 Å². The molecule has 5 rings (SSSR count). The van der Waals surface area contributed by atoms with E-state index in [4.69, 9.17) is 23.2 Å². The summed E-state index contributed by atoms with van der Waals surface area (Å²) in [5, 5.41) is 13.3. The Labute approximate surface area is 206 Å². The highest BCUT2D eigenvalue weighted by Gasteiger charge is 2.60. The van der Waals surface area contributed by atoms with Gasteiger partial charge in [-0.3, -0.25) is 9.69 Å². The summed E-state index contributed by atoms with van der Waals surface area (Å²) < 4.78 is 14.7. The van der Waals surface area contributed by atoms with Gasteiger partial charge < -0.3 is 10.4 Å². The number of nitrogens with zero attached hydrogens (tertiary/aromatic N) is 1. The second-order valence-electron chi connectivity index (χ2n) is 8.70. The van der Waals surface area contributed by atoms with Gasteiger partial charge in [-0.05, 0) is 67.1 Å². The lowest BCUT2D eigenvalue weighted by atomic mass is 9.98. The van der Waals surface area contributed by atoms with Crippen LogP contribution in [0.3, 0.4) is 0 Å². The molecule has 1 aliphatic heterocycles. The topological polar surface area (TPSA) is 69.6 Å². The minimum absolute atomic E-state index is 0.0906. The zero-order chi connectivity index (χ0) is 24.0. The summed E-state index contributed by atoms with van der Waals surface area (Å²) in [6.45, 7) is 0. The standard InChI is InChI=1S/C26H21Cl2FN2O3/c27-18-4-2-5-19(28)22(18)30-21(24(32)33)12-9-15-7-10-16(11-8-15)31-23-17(3-1-6-20(23)29)26(13-14-26)25(31)34/h1-8,10-11,21,30H,9,12-14H2,(H,32,33)/t21-/m0/s1. The van der Waals surface area contributed by atoms with E-state index in [0.29, 0.717) is 39.9 Å². The third-order valence-electron chi connectivity index (χ3n) is 6.58. The molecule has 0 aromatic heterocycles. The van der Waals surface area contributed by atoms with E-state index < -0.39 is 23.2 Å². The fraction of sp³-hybridized carbons (Fsp3) is 0.231. The molecule has 1 heterocycles. The maximum Gasteiger partial charge on any atom is 0.326 e. The van der Waals surface area contributed by atoms with Crippen LogP contribution in [-0.4, -0.2) is 23.0 Å². The maximum absolute atomic E-state index is 14.7. The van der Waals surface area contributed by atoms with E-state index in [9.17, 15) is 19.1 Å². The molecule has 0 unspecified atom stereocenters. The van der Waals surface area contributed by atoms with Crippen LogP contribution >= 0.6 is 23.2 Å². The number of fused-ring (bicyclic) bond motifs is 2. The summed E-state index contributed by atoms with van der Waals surface area (Å²) in [7, 11) is 0. The summed E-state index contributed by atoms with van der Waals surface area (Å²) in [5.41, 5.74) is 2.38. The number of carboxylic acid groups (broad SMARTS) is 1. The number of amides is 1. The zero-order valence-corrected chi connectivity index (χ0v) is 19.5. The highest BCUT2D eigenvalue weighted by molar-refractivity contribution is 6.39. The lowest BCUT2D eigenvalue weighted by Gasteiger charge is -2.20. The number of hydrogen-bond donors (Lipinski definition) is 2. The lowest BCUT2D eigenvalue weighted by molar-refractivity contribution is -0.138. The molecule has 2 aliphatic rings. The number of carboxylic acids is 1. The Kier molecular flexibility index (Phi) is 5.74. The monoisotopic (exact) mass is 498 g/mol. The van der Waals surface area contributed by atoms with Crippen LogP contribution in [0.4, 0.5) is 21.5 Å². The number of rotatable bonds is 7. The number of aryl methyl sites for hydroxylation is 1. The Bertz CT molecular complexity index is 1270. The van der Waals surface area contributed by atoms with Crippen LogP contribution in [0, 0.1) is 5.82 Å². The largest absolute Gasteiger partial charge is 0.480 e. The van der Waals surface area contributed by atoms with E-state index in [1.807, 2.05) is 18.2 Å². The van der Waals surface area contributed by atoms with Crippen LogP contribution in [0.2, 0.25) is 10.0 Å². The van der Waals surface area contributed by atoms with Crippen molar-refractivity contribution in [2.75, 3.05) is 10.2 Å². The fourth-order valence-electron chi connectivity index (χ4n) is 4.60. The first-order valence-corrected chi connectivity index (χ1v) is 11.7. The molecule has 8 heteroatoms. The van der Waals surface area contributed by atoms with Crippen molar-refractivity contribution >= 4 is 52.1 Å². The minimum Gasteiger partial charge on any atom is -0.480 e. The molecule has 5 nitrogen and oxygen atoms in total. The second-order valence-corrected chi connectivity index (χ2v) is 9.51. The number of aliphatic carboxylic acids is 1. The van der Waals surface area contributed by atoms with Gasteiger partial charge >= 0.3 is 5.97 Å². The van der Waals surface area contributed by atoms with Gasteiger partial charge in [0, 0.05) is 5.69 Å². The molecule has 1 spiro atoms. The van der Waals surface area contributed by atoms with Gasteiger partial charge in [0.15, 0.2) is 0 Å². The molecule has 3 aromatic carbocycles. The highest BCUT2D eigenvalue weighted by Crippen LogP contribution is 2.59. The molecule has 1 saturated carbocycles. The van der Waals surface area contributed by atoms with Crippen molar-refractivity contribution in [2.24, 2.45) is 0 Å². The average Bonchev–Trinajstić information content (AvgIpc) is 3.57. The number of hydrogen-bond acceptors (Lipinski definition) is 3. The van der Waals surface area contributed by atoms with Gasteiger partial charge in [-0.2, -0.15) is 0 Å². The summed E-state index contributed by atoms with van der Waals surface area (Å²) in [5.74, 6) is -1.52. The first kappa shape index (κ1) is 22.7. The molecule has 1 aliphatic carbocycles. The normalized spacial score (nSPS) is 16.4. The predicted molar refractivity (Wildman–Crippen MR) is 131 cm³/mol. The van der Waals surface area contributed by atoms with Crippen LogP contribution in [0.1, 0.15) is 30.4 Å². The number of carbonyl (C=O) groups excluding carboxylic acids is 1. The minimum atomic E-state index is -1.02. The van der Waals surface area contributed by atoms with Gasteiger partial charge in [-0.15, -0.1) is 0 Å². The second kappa shape index (κ2) is 8.60. The number of nitrogens with one attached hydrogen (secondary N) is 1. The molecule has 34 heavy (non-hydrogen) atoms. The quantitative estimate of drug-likeness (QED) is 0.398. The lowest BCUT2D eigenvalue weighted by Crippen LogP contribution is -2.30. The summed E-state index contributed by atoms with van der Waals surface area (Å²) >= 11 is 12.3. The Morgan fingerprint density at radius 3 is 2.32 bits per heavy atom. The molecule has 174 valence electrons. The van der Waals surface area contributed by atoms with E-state index in [1.165, 1.54) is 11.0 Å². The predicted octanol–water partition coefficient (Wildman–Crippen LogP) is 6.34. The van der Waals surface area contributed by atoms with Gasteiger partial charge in [0.25, 0.3) is 0 Å². The molecule has 1 amide bonds. The highest BCUT2D eigenvalue weighted by atomic mass is 35.5. The van der Waals surface area contributed by atoms with Gasteiger partial charge in [-0.25, -0.2) is 9.18 Å². The van der Waals surface area contributed by atoms with E-state index >= 15 is 0 Å². The van der Waals surface area contributed by atoms with Crippen molar-refractivity contribution in [3.63, 3.8) is 0 Å². The van der Waals surface area contributed by atoms with Crippen molar-refractivity contribution in [3.8, 4) is 0 Å². The summed E-state index contributed by atoms with van der Waals surface area (Å²) in [6, 6.07) is 16.2. The van der Waals surface area contributed by atoms with Crippen LogP contribution in [-0.2, 0) is 21.4 Å². The fourth-order valence-corrected chi connectivity index (χ4v) is 5.11. The number of halogens is 3. The third kappa shape index (κ3) is 3.81. The Hall–Kier alpha value is -3.09. The number of para-hydroxylation sites is 2. The number of anilines is 3. The van der Waals surface area contributed by atoms with Gasteiger partial charge in [0.1, 0.15) is 11.9 Å². The summed E-state index contributed by atoms with van der Waals surface area (Å²) in [6.07, 6.45) is 2.22. The molecule has 0 saturated heterocycles. The molecule has 0 radical (unpaired) electrons. The Balaban J connectivity index is 1.32. The smallest absolute Gasteiger partial charge is 0.326 e. The first-order chi connectivity index (χ1) is 16.3. The van der Waals surface area contributed by atoms with Crippen LogP contribution in [0.25, 0.3) is 0 Å². The Morgan fingerprint density at radius 2 is 1.71 bits per heavy atom. The maximum atomic E-state index is 14.7. The number of carbonyl (C=O) groups is 2. The molecule has 1 fully saturated rings. The average molecular weight is 499 g/mol. The summed E-state index contributed by atoms with van der Waals surface area (Å²) in [4.78, 5) is 26.4. The van der Waals surface area contributed by atoms with Crippen molar-refractivity contribution in [1.29, 1.82) is 0 Å². The molecular weight excluding hydrogens is 478 g/mol. The van der Waals surface area contributed by atoms with E-state index in [0.717, 1.165) is 24.0 Å². The van der Waals surface area contributed by atoms with Crippen LogP contribution in [0.5, 0.6) is 0 Å². The zero-order valence-electron chi connectivity index (χ0n) is 18.0. The van der Waals surface area contributed by atoms with Crippen molar-refractivity contribution in [2.45, 2.75) is 37.1 Å². The molecule has 3 aromatic rings. The van der Waals surface area contributed by atoms with Crippen molar-refractivity contribution in [1.82, 2.24) is 0 Å². The van der Waals surface area contributed by atoms with Gasteiger partial charge in [0.2, 0.25) is 5.91 Å². The van der Waals surface area contributed by atoms with Crippen molar-refractivity contribution < 1.29 is 19.1 Å². The van der Waals surface area contributed by atoms with E-state index in [1.54, 1.807) is 36.4 Å². The molecule has 1 atom stereocenters. The molecular formula is C26H21Cl2FN2O3. The Morgan fingerprint density at radius 1 is 1.06 bits per heavy atom. The molecule has 0 bridgehead atoms. The third-order valence-corrected chi connectivity index (χ3v) is 7.21. The first-order valence-electron chi connectivity index (χ1n) is 11.0. The van der Waals surface area contributed by atoms with Crippen molar-refractivity contribution in [3.05, 3.63) is 87.7 Å². The number of benzene rings is 3. The molecule has 2 N–H and O–H groups in total. The van der Waals surface area contributed by atoms with Gasteiger partial charge in [0.05, 0.1) is 26.8 Å².